The number of benzene rings is 1. The molecule has 1 fully saturated rings. The number of halogens is 1. The molecule has 0 amide bonds. The van der Waals surface area contributed by atoms with Gasteiger partial charge in [0.15, 0.2) is 0 Å². The molecule has 1 saturated heterocycles. The molecule has 6 nitrogen and oxygen atoms in total. The van der Waals surface area contributed by atoms with Gasteiger partial charge in [-0.3, -0.25) is 10.1 Å². The highest BCUT2D eigenvalue weighted by atomic mass is 79.9. The second-order valence-corrected chi connectivity index (χ2v) is 4.54. The van der Waals surface area contributed by atoms with E-state index in [0.717, 1.165) is 10.0 Å². The number of nitro groups is 1. The van der Waals surface area contributed by atoms with Gasteiger partial charge < -0.3 is 5.73 Å². The van der Waals surface area contributed by atoms with Gasteiger partial charge in [-0.2, -0.15) is 0 Å². The number of hydrogen-bond acceptors (Lipinski definition) is 5. The van der Waals surface area contributed by atoms with Gasteiger partial charge in [0.05, 0.1) is 0 Å². The van der Waals surface area contributed by atoms with Gasteiger partial charge in [0.1, 0.15) is 12.2 Å². The molecular formula is C9H11BrN4O2. The van der Waals surface area contributed by atoms with Crippen molar-refractivity contribution in [2.75, 3.05) is 0 Å². The van der Waals surface area contributed by atoms with Gasteiger partial charge >= 0.3 is 0 Å². The van der Waals surface area contributed by atoms with Crippen molar-refractivity contribution in [3.63, 3.8) is 0 Å². The van der Waals surface area contributed by atoms with Crippen molar-refractivity contribution in [1.29, 1.82) is 0 Å². The van der Waals surface area contributed by atoms with Crippen molar-refractivity contribution in [3.05, 3.63) is 44.4 Å². The fraction of sp³-hybridized carbons (Fsp3) is 0.333. The summed E-state index contributed by atoms with van der Waals surface area (Å²) in [5.41, 5.74) is 12.0. The molecule has 2 rings (SSSR count). The Morgan fingerprint density at radius 1 is 1.31 bits per heavy atom. The van der Waals surface area contributed by atoms with Crippen molar-refractivity contribution < 1.29 is 4.92 Å². The molecule has 0 spiro atoms. The molecule has 7 heteroatoms. The van der Waals surface area contributed by atoms with Crippen LogP contribution < -0.4 is 16.6 Å². The maximum atomic E-state index is 10.9. The Morgan fingerprint density at radius 3 is 2.50 bits per heavy atom. The maximum Gasteiger partial charge on any atom is 0.262 e. The van der Waals surface area contributed by atoms with Crippen molar-refractivity contribution in [3.8, 4) is 0 Å². The third kappa shape index (κ3) is 2.07. The standard InChI is InChI=1S/C9H11BrN4O2/c10-6-3-1-5(2-4-6)7-8(14(15)16)9(11)13-12-7/h1-4,7-9,12-13H,11H2. The molecule has 16 heavy (non-hydrogen) atoms. The zero-order valence-corrected chi connectivity index (χ0v) is 9.85. The van der Waals surface area contributed by atoms with E-state index in [2.05, 4.69) is 26.8 Å². The zero-order valence-electron chi connectivity index (χ0n) is 8.26. The second-order valence-electron chi connectivity index (χ2n) is 3.62. The van der Waals surface area contributed by atoms with Crippen LogP contribution in [-0.4, -0.2) is 17.1 Å². The Balaban J connectivity index is 2.26. The molecule has 3 unspecified atom stereocenters. The van der Waals surface area contributed by atoms with Gasteiger partial charge in [-0.15, -0.1) is 0 Å². The Kier molecular flexibility index (Phi) is 3.20. The molecule has 1 aliphatic heterocycles. The number of nitrogens with one attached hydrogen (secondary N) is 2. The molecule has 4 N–H and O–H groups in total. The normalized spacial score (nSPS) is 29.2. The van der Waals surface area contributed by atoms with Crippen molar-refractivity contribution in [2.45, 2.75) is 18.2 Å². The van der Waals surface area contributed by atoms with Crippen LogP contribution in [-0.2, 0) is 0 Å². The molecule has 3 atom stereocenters. The summed E-state index contributed by atoms with van der Waals surface area (Å²) in [6.07, 6.45) is -0.677. The summed E-state index contributed by atoms with van der Waals surface area (Å²) >= 11 is 3.32. The lowest BCUT2D eigenvalue weighted by molar-refractivity contribution is -0.526. The average Bonchev–Trinajstić information content (AvgIpc) is 2.61. The Bertz CT molecular complexity index is 397. The summed E-state index contributed by atoms with van der Waals surface area (Å²) in [5, 5.41) is 10.9. The largest absolute Gasteiger partial charge is 0.309 e. The predicted molar refractivity (Wildman–Crippen MR) is 61.9 cm³/mol. The lowest BCUT2D eigenvalue weighted by Crippen LogP contribution is -2.44. The molecule has 1 heterocycles. The van der Waals surface area contributed by atoms with Crippen LogP contribution in [0.3, 0.4) is 0 Å². The Labute approximate surface area is 100 Å². The highest BCUT2D eigenvalue weighted by molar-refractivity contribution is 9.10. The SMILES string of the molecule is NC1NNC(c2ccc(Br)cc2)C1[N+](=O)[O-]. The van der Waals surface area contributed by atoms with Crippen LogP contribution in [0.2, 0.25) is 0 Å². The summed E-state index contributed by atoms with van der Waals surface area (Å²) < 4.78 is 0.934. The molecule has 0 radical (unpaired) electrons. The first-order valence-corrected chi connectivity index (χ1v) is 5.54. The van der Waals surface area contributed by atoms with Gasteiger partial charge in [0.25, 0.3) is 6.04 Å². The molecule has 86 valence electrons. The van der Waals surface area contributed by atoms with Crippen LogP contribution in [0.15, 0.2) is 28.7 Å². The summed E-state index contributed by atoms with van der Waals surface area (Å²) in [5.74, 6) is 0. The second kappa shape index (κ2) is 4.46. The van der Waals surface area contributed by atoms with E-state index < -0.39 is 18.2 Å². The van der Waals surface area contributed by atoms with Gasteiger partial charge in [0, 0.05) is 9.40 Å². The van der Waals surface area contributed by atoms with Crippen LogP contribution in [0.4, 0.5) is 0 Å². The number of nitrogens with two attached hydrogens (primary N) is 1. The fourth-order valence-electron chi connectivity index (χ4n) is 1.77. The van der Waals surface area contributed by atoms with Crippen molar-refractivity contribution in [2.24, 2.45) is 5.73 Å². The van der Waals surface area contributed by atoms with Crippen molar-refractivity contribution in [1.82, 2.24) is 10.9 Å². The van der Waals surface area contributed by atoms with E-state index in [4.69, 9.17) is 5.73 Å². The molecule has 1 aliphatic rings. The summed E-state index contributed by atoms with van der Waals surface area (Å²) in [7, 11) is 0. The highest BCUT2D eigenvalue weighted by Crippen LogP contribution is 2.24. The summed E-state index contributed by atoms with van der Waals surface area (Å²) in [6.45, 7) is 0. The van der Waals surface area contributed by atoms with E-state index in [-0.39, 0.29) is 4.92 Å². The fourth-order valence-corrected chi connectivity index (χ4v) is 2.03. The van der Waals surface area contributed by atoms with Gasteiger partial charge in [-0.25, -0.2) is 10.9 Å². The molecule has 0 aromatic heterocycles. The first-order chi connectivity index (χ1) is 7.59. The van der Waals surface area contributed by atoms with Gasteiger partial charge in [-0.05, 0) is 17.7 Å². The minimum absolute atomic E-state index is 0.357. The third-order valence-electron chi connectivity index (χ3n) is 2.59. The van der Waals surface area contributed by atoms with E-state index in [1.807, 2.05) is 24.3 Å². The maximum absolute atomic E-state index is 10.9. The lowest BCUT2D eigenvalue weighted by Gasteiger charge is -2.13. The van der Waals surface area contributed by atoms with Crippen LogP contribution in [0, 0.1) is 10.1 Å². The molecule has 0 saturated carbocycles. The molecular weight excluding hydrogens is 276 g/mol. The molecule has 1 aromatic rings. The van der Waals surface area contributed by atoms with E-state index >= 15 is 0 Å². The summed E-state index contributed by atoms with van der Waals surface area (Å²) in [6, 6.07) is 6.09. The number of hydrogen-bond donors (Lipinski definition) is 3. The smallest absolute Gasteiger partial charge is 0.262 e. The first-order valence-electron chi connectivity index (χ1n) is 4.75. The van der Waals surface area contributed by atoms with Crippen LogP contribution in [0.5, 0.6) is 0 Å². The van der Waals surface area contributed by atoms with Crippen LogP contribution in [0.1, 0.15) is 11.6 Å². The van der Waals surface area contributed by atoms with Gasteiger partial charge in [0.2, 0.25) is 0 Å². The van der Waals surface area contributed by atoms with Crippen LogP contribution >= 0.6 is 15.9 Å². The first kappa shape index (κ1) is 11.5. The van der Waals surface area contributed by atoms with E-state index in [9.17, 15) is 10.1 Å². The summed E-state index contributed by atoms with van der Waals surface area (Å²) in [4.78, 5) is 10.5. The minimum atomic E-state index is -0.860. The Morgan fingerprint density at radius 2 is 1.94 bits per heavy atom. The van der Waals surface area contributed by atoms with Crippen molar-refractivity contribution >= 4 is 15.9 Å². The predicted octanol–water partition coefficient (Wildman–Crippen LogP) is 0.528. The van der Waals surface area contributed by atoms with Crippen LogP contribution in [0.25, 0.3) is 0 Å². The molecule has 0 aliphatic carbocycles. The quantitative estimate of drug-likeness (QED) is 0.545. The third-order valence-corrected chi connectivity index (χ3v) is 3.12. The average molecular weight is 287 g/mol. The minimum Gasteiger partial charge on any atom is -0.309 e. The van der Waals surface area contributed by atoms with E-state index in [1.54, 1.807) is 0 Å². The zero-order chi connectivity index (χ0) is 11.7. The topological polar surface area (TPSA) is 93.2 Å². The number of nitrogens with zero attached hydrogens (tertiary/aromatic N) is 1. The number of hydrazine groups is 1. The van der Waals surface area contributed by atoms with E-state index in [1.165, 1.54) is 0 Å². The monoisotopic (exact) mass is 286 g/mol. The lowest BCUT2D eigenvalue weighted by atomic mass is 10.0. The molecule has 1 aromatic carbocycles. The Hall–Kier alpha value is -1.02. The highest BCUT2D eigenvalue weighted by Gasteiger charge is 2.43. The number of rotatable bonds is 2. The van der Waals surface area contributed by atoms with Gasteiger partial charge in [-0.1, -0.05) is 28.1 Å². The molecule has 0 bridgehead atoms. The van der Waals surface area contributed by atoms with E-state index in [0.29, 0.717) is 0 Å².